The fourth-order valence-corrected chi connectivity index (χ4v) is 0.204. The third-order valence-corrected chi connectivity index (χ3v) is 0.553. The molecule has 1 saturated heterocycles. The number of hydrogen-bond donors (Lipinski definition) is 1. The molecule has 1 aliphatic heterocycles. The van der Waals surface area contributed by atoms with Crippen molar-refractivity contribution in [1.29, 1.82) is 5.41 Å². The van der Waals surface area contributed by atoms with Crippen LogP contribution in [0, 0.1) is 5.41 Å². The molecule has 1 fully saturated rings. The Balaban J connectivity index is 2.32. The minimum absolute atomic E-state index is 0.569. The van der Waals surface area contributed by atoms with Crippen LogP contribution in [0.2, 0.25) is 0 Å². The highest BCUT2D eigenvalue weighted by Crippen LogP contribution is 1.88. The first kappa shape index (κ1) is 2.85. The zero-order chi connectivity index (χ0) is 3.70. The van der Waals surface area contributed by atoms with Gasteiger partial charge in [0.15, 0.2) is 0 Å². The first-order chi connectivity index (χ1) is 2.39. The minimum Gasteiger partial charge on any atom is -0.369 e. The Morgan fingerprint density at radius 2 is 2.00 bits per heavy atom. The van der Waals surface area contributed by atoms with E-state index in [9.17, 15) is 0 Å². The van der Waals surface area contributed by atoms with Crippen LogP contribution >= 0.6 is 0 Å². The second kappa shape index (κ2) is 0.792. The van der Waals surface area contributed by atoms with E-state index in [0.29, 0.717) is 18.9 Å². The summed E-state index contributed by atoms with van der Waals surface area (Å²) in [4.78, 5) is 0. The molecule has 28 valence electrons. The predicted molar refractivity (Wildman–Crippen MR) is 18.5 cm³/mol. The monoisotopic (exact) mass is 71.0 g/mol. The van der Waals surface area contributed by atoms with Gasteiger partial charge in [-0.2, -0.15) is 0 Å². The molecule has 0 spiro atoms. The smallest absolute Gasteiger partial charge is 0.0870 e. The summed E-state index contributed by atoms with van der Waals surface area (Å²) < 4.78 is 4.61. The number of nitrogens with one attached hydrogen (secondary N) is 1. The van der Waals surface area contributed by atoms with Crippen LogP contribution in [0.5, 0.6) is 0 Å². The summed E-state index contributed by atoms with van der Waals surface area (Å²) in [5.74, 6) is 0. The van der Waals surface area contributed by atoms with Crippen molar-refractivity contribution < 1.29 is 4.74 Å². The Bertz CT molecular complexity index is 53.9. The Kier molecular flexibility index (Phi) is 0.451. The summed E-state index contributed by atoms with van der Waals surface area (Å²) in [6, 6.07) is 0. The fourth-order valence-electron chi connectivity index (χ4n) is 0.204. The molecule has 0 bridgehead atoms. The lowest BCUT2D eigenvalue weighted by Gasteiger charge is -2.11. The van der Waals surface area contributed by atoms with Crippen LogP contribution in [0.25, 0.3) is 0 Å². The molecule has 0 aliphatic carbocycles. The van der Waals surface area contributed by atoms with Crippen molar-refractivity contribution in [3.05, 3.63) is 0 Å². The fraction of sp³-hybridized carbons (Fsp3) is 0.667. The van der Waals surface area contributed by atoms with Crippen LogP contribution in [0.4, 0.5) is 0 Å². The molecule has 0 unspecified atom stereocenters. The molecule has 2 nitrogen and oxygen atoms in total. The predicted octanol–water partition coefficient (Wildman–Crippen LogP) is 0.0364. The molecule has 0 saturated carbocycles. The molecular formula is C3H5NO. The van der Waals surface area contributed by atoms with Crippen molar-refractivity contribution in [3.63, 3.8) is 0 Å². The molecular weight excluding hydrogens is 66.0 g/mol. The summed E-state index contributed by atoms with van der Waals surface area (Å²) in [6.45, 7) is 1.14. The van der Waals surface area contributed by atoms with Gasteiger partial charge in [0, 0.05) is 0 Å². The van der Waals surface area contributed by atoms with E-state index in [4.69, 9.17) is 5.41 Å². The number of rotatable bonds is 0. The molecule has 0 amide bonds. The summed E-state index contributed by atoms with van der Waals surface area (Å²) in [7, 11) is 0. The Hall–Kier alpha value is -0.370. The van der Waals surface area contributed by atoms with Crippen LogP contribution in [0.15, 0.2) is 0 Å². The van der Waals surface area contributed by atoms with Crippen molar-refractivity contribution in [2.75, 3.05) is 13.2 Å². The van der Waals surface area contributed by atoms with Crippen molar-refractivity contribution in [3.8, 4) is 0 Å². The van der Waals surface area contributed by atoms with Gasteiger partial charge in [-0.05, 0) is 0 Å². The van der Waals surface area contributed by atoms with Crippen molar-refractivity contribution in [2.24, 2.45) is 0 Å². The molecule has 0 radical (unpaired) electrons. The third-order valence-electron chi connectivity index (χ3n) is 0.553. The van der Waals surface area contributed by atoms with E-state index in [1.165, 1.54) is 0 Å². The van der Waals surface area contributed by atoms with E-state index in [1.54, 1.807) is 0 Å². The Morgan fingerprint density at radius 1 is 1.60 bits per heavy atom. The lowest BCUT2D eigenvalue weighted by Crippen LogP contribution is -2.25. The molecule has 5 heavy (non-hydrogen) atoms. The van der Waals surface area contributed by atoms with Crippen LogP contribution in [0.1, 0.15) is 0 Å². The summed E-state index contributed by atoms with van der Waals surface area (Å²) in [5, 5.41) is 6.70. The van der Waals surface area contributed by atoms with Gasteiger partial charge in [-0.15, -0.1) is 0 Å². The Morgan fingerprint density at radius 3 is 2.00 bits per heavy atom. The lowest BCUT2D eigenvalue weighted by molar-refractivity contribution is 0.158. The largest absolute Gasteiger partial charge is 0.369 e. The molecule has 0 aromatic rings. The quantitative estimate of drug-likeness (QED) is 0.429. The van der Waals surface area contributed by atoms with Crippen LogP contribution in [-0.2, 0) is 4.74 Å². The standard InChI is InChI=1S/C3H5NO/c4-3-1-5-2-3/h4H,1-2H2. The van der Waals surface area contributed by atoms with Gasteiger partial charge in [-0.3, -0.25) is 0 Å². The van der Waals surface area contributed by atoms with Gasteiger partial charge >= 0.3 is 0 Å². The lowest BCUT2D eigenvalue weighted by atomic mass is 10.3. The van der Waals surface area contributed by atoms with E-state index in [0.717, 1.165) is 0 Å². The highest BCUT2D eigenvalue weighted by molar-refractivity contribution is 5.87. The minimum atomic E-state index is 0.569. The first-order valence-corrected chi connectivity index (χ1v) is 1.53. The average Bonchev–Trinajstić information content (AvgIpc) is 1.30. The van der Waals surface area contributed by atoms with Crippen molar-refractivity contribution >= 4 is 5.71 Å². The zero-order valence-electron chi connectivity index (χ0n) is 2.82. The van der Waals surface area contributed by atoms with E-state index in [2.05, 4.69) is 4.74 Å². The molecule has 0 aromatic heterocycles. The average molecular weight is 71.1 g/mol. The van der Waals surface area contributed by atoms with E-state index < -0.39 is 0 Å². The highest BCUT2D eigenvalue weighted by Gasteiger charge is 2.05. The maximum atomic E-state index is 6.70. The maximum Gasteiger partial charge on any atom is 0.0870 e. The molecule has 1 heterocycles. The molecule has 1 N–H and O–H groups in total. The van der Waals surface area contributed by atoms with Gasteiger partial charge in [0.05, 0.1) is 18.9 Å². The molecule has 0 aromatic carbocycles. The van der Waals surface area contributed by atoms with Gasteiger partial charge in [0.2, 0.25) is 0 Å². The van der Waals surface area contributed by atoms with E-state index in [-0.39, 0.29) is 0 Å². The first-order valence-electron chi connectivity index (χ1n) is 1.53. The van der Waals surface area contributed by atoms with E-state index >= 15 is 0 Å². The molecule has 2 heteroatoms. The van der Waals surface area contributed by atoms with Gasteiger partial charge in [-0.1, -0.05) is 0 Å². The van der Waals surface area contributed by atoms with Gasteiger partial charge in [-0.25, -0.2) is 0 Å². The number of hydrogen-bond acceptors (Lipinski definition) is 2. The van der Waals surface area contributed by atoms with Gasteiger partial charge in [0.25, 0.3) is 0 Å². The number of ether oxygens (including phenoxy) is 1. The van der Waals surface area contributed by atoms with Crippen LogP contribution in [-0.4, -0.2) is 18.9 Å². The summed E-state index contributed by atoms with van der Waals surface area (Å²) in [6.07, 6.45) is 0. The van der Waals surface area contributed by atoms with E-state index in [1.807, 2.05) is 0 Å². The second-order valence-electron chi connectivity index (χ2n) is 1.10. The normalized spacial score (nSPS) is 22.0. The van der Waals surface area contributed by atoms with Crippen LogP contribution in [0.3, 0.4) is 0 Å². The molecule has 1 aliphatic rings. The summed E-state index contributed by atoms with van der Waals surface area (Å²) in [5.41, 5.74) is 0.713. The maximum absolute atomic E-state index is 6.70. The third kappa shape index (κ3) is 0.304. The highest BCUT2D eigenvalue weighted by atomic mass is 16.5. The van der Waals surface area contributed by atoms with Crippen molar-refractivity contribution in [2.45, 2.75) is 0 Å². The van der Waals surface area contributed by atoms with Crippen LogP contribution < -0.4 is 0 Å². The molecule has 0 atom stereocenters. The topological polar surface area (TPSA) is 33.1 Å². The zero-order valence-corrected chi connectivity index (χ0v) is 2.82. The van der Waals surface area contributed by atoms with Crippen molar-refractivity contribution in [1.82, 2.24) is 0 Å². The molecule has 1 rings (SSSR count). The Labute approximate surface area is 30.3 Å². The second-order valence-corrected chi connectivity index (χ2v) is 1.10. The van der Waals surface area contributed by atoms with Gasteiger partial charge in [0.1, 0.15) is 0 Å². The SMILES string of the molecule is N=C1COC1. The summed E-state index contributed by atoms with van der Waals surface area (Å²) >= 11 is 0. The van der Waals surface area contributed by atoms with Gasteiger partial charge < -0.3 is 10.1 Å².